The average Bonchev–Trinajstić information content (AvgIpc) is 2.53. The molecule has 0 spiro atoms. The minimum Gasteiger partial charge on any atom is -0.452 e. The fourth-order valence-electron chi connectivity index (χ4n) is 2.08. The molecule has 0 unspecified atom stereocenters. The summed E-state index contributed by atoms with van der Waals surface area (Å²) in [6, 6.07) is 13.6. The number of aryl methyl sites for hydroxylation is 2. The lowest BCUT2D eigenvalue weighted by molar-refractivity contribution is -0.123. The van der Waals surface area contributed by atoms with Crippen LogP contribution >= 0.6 is 0 Å². The van der Waals surface area contributed by atoms with Gasteiger partial charge < -0.3 is 4.74 Å². The van der Waals surface area contributed by atoms with E-state index in [9.17, 15) is 14.4 Å². The number of ether oxygens (including phenoxy) is 1. The smallest absolute Gasteiger partial charge is 0.338 e. The molecule has 0 aliphatic carbocycles. The van der Waals surface area contributed by atoms with Crippen molar-refractivity contribution >= 4 is 17.8 Å². The van der Waals surface area contributed by atoms with Crippen molar-refractivity contribution < 1.29 is 19.1 Å². The number of benzene rings is 2. The van der Waals surface area contributed by atoms with E-state index in [1.165, 1.54) is 0 Å². The Bertz CT molecular complexity index is 738. The molecule has 5 heteroatoms. The first-order valence-electron chi connectivity index (χ1n) is 7.11. The van der Waals surface area contributed by atoms with Crippen molar-refractivity contribution in [1.29, 1.82) is 0 Å². The van der Waals surface area contributed by atoms with Crippen molar-refractivity contribution in [2.45, 2.75) is 13.8 Å². The molecule has 2 aromatic carbocycles. The summed E-state index contributed by atoms with van der Waals surface area (Å²) in [7, 11) is 0. The normalized spacial score (nSPS) is 10.0. The Hall–Kier alpha value is -2.95. The van der Waals surface area contributed by atoms with E-state index in [1.54, 1.807) is 49.4 Å². The Morgan fingerprint density at radius 2 is 1.70 bits per heavy atom. The van der Waals surface area contributed by atoms with Crippen LogP contribution in [0, 0.1) is 13.8 Å². The molecule has 23 heavy (non-hydrogen) atoms. The highest BCUT2D eigenvalue weighted by atomic mass is 16.5. The molecular formula is C18H17NO4. The van der Waals surface area contributed by atoms with Gasteiger partial charge in [-0.2, -0.15) is 0 Å². The summed E-state index contributed by atoms with van der Waals surface area (Å²) in [5, 5.41) is 2.17. The van der Waals surface area contributed by atoms with Crippen molar-refractivity contribution in [3.8, 4) is 0 Å². The van der Waals surface area contributed by atoms with Crippen LogP contribution in [0.25, 0.3) is 0 Å². The number of esters is 1. The number of hydrogen-bond donors (Lipinski definition) is 1. The molecule has 5 nitrogen and oxygen atoms in total. The van der Waals surface area contributed by atoms with Gasteiger partial charge in [-0.15, -0.1) is 0 Å². The second-order valence-corrected chi connectivity index (χ2v) is 5.14. The Morgan fingerprint density at radius 3 is 2.35 bits per heavy atom. The molecule has 118 valence electrons. The van der Waals surface area contributed by atoms with Gasteiger partial charge in [0, 0.05) is 5.56 Å². The van der Waals surface area contributed by atoms with Crippen molar-refractivity contribution in [2.24, 2.45) is 0 Å². The molecule has 2 aromatic rings. The van der Waals surface area contributed by atoms with E-state index in [0.717, 1.165) is 11.1 Å². The van der Waals surface area contributed by atoms with Gasteiger partial charge in [-0.05, 0) is 37.6 Å². The molecule has 0 aromatic heterocycles. The molecule has 0 radical (unpaired) electrons. The van der Waals surface area contributed by atoms with Crippen LogP contribution in [0.3, 0.4) is 0 Å². The van der Waals surface area contributed by atoms with Gasteiger partial charge in [0.05, 0.1) is 5.56 Å². The van der Waals surface area contributed by atoms with E-state index in [-0.39, 0.29) is 0 Å². The van der Waals surface area contributed by atoms with Crippen LogP contribution < -0.4 is 5.32 Å². The second-order valence-electron chi connectivity index (χ2n) is 5.14. The Kier molecular flexibility index (Phi) is 5.25. The van der Waals surface area contributed by atoms with Gasteiger partial charge in [0.1, 0.15) is 0 Å². The van der Waals surface area contributed by atoms with Crippen LogP contribution in [-0.2, 0) is 9.53 Å². The van der Waals surface area contributed by atoms with Gasteiger partial charge in [0.2, 0.25) is 0 Å². The van der Waals surface area contributed by atoms with Crippen LogP contribution in [0.2, 0.25) is 0 Å². The molecule has 0 aliphatic rings. The van der Waals surface area contributed by atoms with Crippen molar-refractivity contribution in [3.63, 3.8) is 0 Å². The van der Waals surface area contributed by atoms with Gasteiger partial charge in [0.15, 0.2) is 6.61 Å². The fourth-order valence-corrected chi connectivity index (χ4v) is 2.08. The molecule has 0 heterocycles. The molecule has 2 rings (SSSR count). The lowest BCUT2D eigenvalue weighted by atomic mass is 10.1. The number of nitrogens with one attached hydrogen (secondary N) is 1. The van der Waals surface area contributed by atoms with Gasteiger partial charge in [0.25, 0.3) is 11.8 Å². The maximum atomic E-state index is 11.9. The third kappa shape index (κ3) is 4.51. The lowest BCUT2D eigenvalue weighted by Gasteiger charge is -2.08. The zero-order valence-corrected chi connectivity index (χ0v) is 13.0. The number of imide groups is 1. The number of carbonyl (C=O) groups is 3. The minimum absolute atomic E-state index is 0.363. The molecule has 0 saturated carbocycles. The maximum Gasteiger partial charge on any atom is 0.338 e. The summed E-state index contributed by atoms with van der Waals surface area (Å²) in [5.74, 6) is -1.79. The summed E-state index contributed by atoms with van der Waals surface area (Å²) >= 11 is 0. The van der Waals surface area contributed by atoms with E-state index in [2.05, 4.69) is 5.32 Å². The van der Waals surface area contributed by atoms with E-state index in [1.807, 2.05) is 13.0 Å². The number of amides is 2. The summed E-state index contributed by atoms with van der Waals surface area (Å²) in [5.41, 5.74) is 2.57. The minimum atomic E-state index is -0.669. The third-order valence-corrected chi connectivity index (χ3v) is 3.23. The van der Waals surface area contributed by atoms with Gasteiger partial charge >= 0.3 is 5.97 Å². The van der Waals surface area contributed by atoms with Crippen molar-refractivity contribution in [2.75, 3.05) is 6.61 Å². The Morgan fingerprint density at radius 1 is 1.00 bits per heavy atom. The fraction of sp³-hybridized carbons (Fsp3) is 0.167. The van der Waals surface area contributed by atoms with E-state index in [4.69, 9.17) is 4.74 Å². The molecule has 1 N–H and O–H groups in total. The second kappa shape index (κ2) is 7.35. The SMILES string of the molecule is Cc1ccc(C(=O)OCC(=O)NC(=O)c2ccccc2)c(C)c1. The predicted octanol–water partition coefficient (Wildman–Crippen LogP) is 2.42. The predicted molar refractivity (Wildman–Crippen MR) is 85.1 cm³/mol. The summed E-state index contributed by atoms with van der Waals surface area (Å²) in [4.78, 5) is 35.4. The molecule has 0 aliphatic heterocycles. The van der Waals surface area contributed by atoms with Crippen LogP contribution in [0.15, 0.2) is 48.5 Å². The summed E-state index contributed by atoms with van der Waals surface area (Å²) in [6.07, 6.45) is 0. The maximum absolute atomic E-state index is 11.9. The van der Waals surface area contributed by atoms with Crippen molar-refractivity contribution in [1.82, 2.24) is 5.32 Å². The first kappa shape index (κ1) is 16.4. The zero-order valence-electron chi connectivity index (χ0n) is 13.0. The highest BCUT2D eigenvalue weighted by Gasteiger charge is 2.14. The van der Waals surface area contributed by atoms with E-state index in [0.29, 0.717) is 11.1 Å². The number of carbonyl (C=O) groups excluding carboxylic acids is 3. The highest BCUT2D eigenvalue weighted by Crippen LogP contribution is 2.11. The standard InChI is InChI=1S/C18H17NO4/c1-12-8-9-15(13(2)10-12)18(22)23-11-16(20)19-17(21)14-6-4-3-5-7-14/h3-10H,11H2,1-2H3,(H,19,20,21). The zero-order chi connectivity index (χ0) is 16.8. The monoisotopic (exact) mass is 311 g/mol. The van der Waals surface area contributed by atoms with Gasteiger partial charge in [-0.3, -0.25) is 14.9 Å². The largest absolute Gasteiger partial charge is 0.452 e. The highest BCUT2D eigenvalue weighted by molar-refractivity contribution is 6.05. The molecule has 0 bridgehead atoms. The Labute approximate surface area is 134 Å². The molecule has 2 amide bonds. The van der Waals surface area contributed by atoms with Crippen LogP contribution in [0.5, 0.6) is 0 Å². The van der Waals surface area contributed by atoms with Crippen LogP contribution in [0.4, 0.5) is 0 Å². The number of rotatable bonds is 4. The lowest BCUT2D eigenvalue weighted by Crippen LogP contribution is -2.34. The average molecular weight is 311 g/mol. The third-order valence-electron chi connectivity index (χ3n) is 3.23. The molecule has 0 fully saturated rings. The summed E-state index contributed by atoms with van der Waals surface area (Å²) < 4.78 is 4.94. The quantitative estimate of drug-likeness (QED) is 0.880. The summed E-state index contributed by atoms with van der Waals surface area (Å²) in [6.45, 7) is 3.21. The van der Waals surface area contributed by atoms with E-state index < -0.39 is 24.4 Å². The molecule has 0 saturated heterocycles. The Balaban J connectivity index is 1.89. The topological polar surface area (TPSA) is 72.5 Å². The van der Waals surface area contributed by atoms with Crippen molar-refractivity contribution in [3.05, 3.63) is 70.8 Å². The first-order chi connectivity index (χ1) is 11.0. The number of hydrogen-bond acceptors (Lipinski definition) is 4. The van der Waals surface area contributed by atoms with Crippen LogP contribution in [0.1, 0.15) is 31.8 Å². The van der Waals surface area contributed by atoms with E-state index >= 15 is 0 Å². The molecule has 0 atom stereocenters. The van der Waals surface area contributed by atoms with Gasteiger partial charge in [-0.25, -0.2) is 4.79 Å². The van der Waals surface area contributed by atoms with Crippen LogP contribution in [-0.4, -0.2) is 24.4 Å². The van der Waals surface area contributed by atoms with Gasteiger partial charge in [-0.1, -0.05) is 35.9 Å². The molecular weight excluding hydrogens is 294 g/mol. The first-order valence-corrected chi connectivity index (χ1v) is 7.11.